The molecule has 0 bridgehead atoms. The van der Waals surface area contributed by atoms with Crippen LogP contribution in [0.25, 0.3) is 11.2 Å². The van der Waals surface area contributed by atoms with E-state index in [0.29, 0.717) is 23.3 Å². The van der Waals surface area contributed by atoms with Crippen LogP contribution in [0.4, 0.5) is 21.1 Å². The third-order valence-electron chi connectivity index (χ3n) is 6.52. The predicted molar refractivity (Wildman–Crippen MR) is 159 cm³/mol. The average molecular weight is 626 g/mol. The zero-order valence-electron chi connectivity index (χ0n) is 23.4. The van der Waals surface area contributed by atoms with Crippen molar-refractivity contribution in [2.75, 3.05) is 23.4 Å². The number of primary amides is 1. The molecular weight excluding hydrogens is 594 g/mol. The molecule has 232 valence electrons. The van der Waals surface area contributed by atoms with Gasteiger partial charge in [-0.2, -0.15) is 0 Å². The number of hydrogen-bond donors (Lipinski definition) is 5. The summed E-state index contributed by atoms with van der Waals surface area (Å²) in [5, 5.41) is 12.4. The topological polar surface area (TPSA) is 228 Å². The lowest BCUT2D eigenvalue weighted by Gasteiger charge is -2.21. The minimum Gasteiger partial charge on any atom is -0.352 e. The lowest BCUT2D eigenvalue weighted by atomic mass is 10.1. The molecule has 0 saturated carbocycles. The van der Waals surface area contributed by atoms with Crippen LogP contribution in [0.2, 0.25) is 0 Å². The fourth-order valence-electron chi connectivity index (χ4n) is 4.81. The molecule has 6 rings (SSSR count). The number of nitrogens with two attached hydrogens (primary N) is 2. The predicted octanol–water partition coefficient (Wildman–Crippen LogP) is 1.29. The average Bonchev–Trinajstić information content (AvgIpc) is 3.66. The van der Waals surface area contributed by atoms with Crippen LogP contribution in [-0.4, -0.2) is 77.4 Å². The molecule has 2 aliphatic heterocycles. The van der Waals surface area contributed by atoms with Crippen molar-refractivity contribution in [3.63, 3.8) is 0 Å². The van der Waals surface area contributed by atoms with Crippen LogP contribution >= 0.6 is 0 Å². The standard InChI is InChI=1S/C26H26N8O5.CH5NO2S/c27-25(35)28-12-17-20-21(39-18(38-20)11-15-7-3-1-4-8-15)24(37-17)34-14-31-19-22(29-13-30-23(19)34)33-26(36)32-16-9-5-2-6-10-16;1-5(2,3)4/h1-10,13-14,17-18,20-21,24H,11-12H2,(H3,27,28,35)(H2,29,30,32,33,36);1H3,(H2,2,3,4). The van der Waals surface area contributed by atoms with Crippen molar-refractivity contribution in [2.45, 2.75) is 37.3 Å². The van der Waals surface area contributed by atoms with Gasteiger partial charge < -0.3 is 30.6 Å². The van der Waals surface area contributed by atoms with E-state index >= 15 is 0 Å². The number of fused-ring (bicyclic) bond motifs is 2. The van der Waals surface area contributed by atoms with Crippen LogP contribution in [0.3, 0.4) is 0 Å². The number of anilines is 2. The molecule has 2 aromatic carbocycles. The molecule has 5 atom stereocenters. The number of aromatic nitrogens is 4. The van der Waals surface area contributed by atoms with Crippen molar-refractivity contribution in [2.24, 2.45) is 10.9 Å². The molecule has 16 nitrogen and oxygen atoms in total. The lowest BCUT2D eigenvalue weighted by Crippen LogP contribution is -2.41. The number of urea groups is 2. The molecule has 0 aliphatic carbocycles. The Balaban J connectivity index is 0.000000712. The first kappa shape index (κ1) is 30.8. The Labute approximate surface area is 252 Å². The summed E-state index contributed by atoms with van der Waals surface area (Å²) in [6.45, 7) is 0.141. The number of para-hydroxylation sites is 1. The lowest BCUT2D eigenvalue weighted by molar-refractivity contribution is -0.142. The maximum Gasteiger partial charge on any atom is 0.324 e. The molecule has 44 heavy (non-hydrogen) atoms. The van der Waals surface area contributed by atoms with Crippen LogP contribution in [0.1, 0.15) is 11.8 Å². The summed E-state index contributed by atoms with van der Waals surface area (Å²) in [7, 11) is -3.17. The third kappa shape index (κ3) is 7.82. The number of nitrogens with one attached hydrogen (secondary N) is 3. The second-order valence-corrected chi connectivity index (χ2v) is 11.6. The van der Waals surface area contributed by atoms with Crippen molar-refractivity contribution in [3.05, 3.63) is 78.9 Å². The largest absolute Gasteiger partial charge is 0.352 e. The van der Waals surface area contributed by atoms with Gasteiger partial charge in [-0.15, -0.1) is 0 Å². The summed E-state index contributed by atoms with van der Waals surface area (Å²) >= 11 is 0. The second kappa shape index (κ2) is 13.3. The number of amides is 4. The van der Waals surface area contributed by atoms with Gasteiger partial charge in [0.05, 0.1) is 12.6 Å². The van der Waals surface area contributed by atoms with E-state index in [0.717, 1.165) is 11.8 Å². The Morgan fingerprint density at radius 1 is 0.932 bits per heavy atom. The number of nitrogens with zero attached hydrogens (tertiary/aromatic N) is 4. The molecule has 17 heteroatoms. The van der Waals surface area contributed by atoms with E-state index in [9.17, 15) is 18.0 Å². The highest BCUT2D eigenvalue weighted by Crippen LogP contribution is 2.41. The Bertz CT molecular complexity index is 1700. The SMILES string of the molecule is CS(N)(=O)=O.NC(=O)NCC1OC(n2cnc3c(NC(=O)Nc4ccccc4)ncnc32)C2OC(Cc3ccccc3)OC12. The fraction of sp³-hybridized carbons (Fsp3) is 0.296. The molecule has 2 aromatic heterocycles. The normalized spacial score (nSPS) is 22.5. The highest BCUT2D eigenvalue weighted by Gasteiger charge is 2.53. The van der Waals surface area contributed by atoms with Gasteiger partial charge in [0.25, 0.3) is 0 Å². The zero-order chi connectivity index (χ0) is 31.3. The van der Waals surface area contributed by atoms with Crippen LogP contribution < -0.4 is 26.8 Å². The summed E-state index contributed by atoms with van der Waals surface area (Å²) in [5.41, 5.74) is 7.80. The van der Waals surface area contributed by atoms with Crippen molar-refractivity contribution in [3.8, 4) is 0 Å². The van der Waals surface area contributed by atoms with Gasteiger partial charge in [-0.25, -0.2) is 38.1 Å². The van der Waals surface area contributed by atoms with Crippen molar-refractivity contribution in [1.82, 2.24) is 24.8 Å². The van der Waals surface area contributed by atoms with Crippen LogP contribution in [0.15, 0.2) is 73.3 Å². The highest BCUT2D eigenvalue weighted by atomic mass is 32.2. The molecule has 2 saturated heterocycles. The molecule has 0 spiro atoms. The van der Waals surface area contributed by atoms with Crippen molar-refractivity contribution in [1.29, 1.82) is 0 Å². The Kier molecular flexibility index (Phi) is 9.31. The van der Waals surface area contributed by atoms with Crippen LogP contribution in [0.5, 0.6) is 0 Å². The van der Waals surface area contributed by atoms with Gasteiger partial charge in [0, 0.05) is 18.7 Å². The number of hydrogen-bond acceptors (Lipinski definition) is 10. The number of rotatable bonds is 7. The first-order valence-electron chi connectivity index (χ1n) is 13.4. The van der Waals surface area contributed by atoms with E-state index in [1.807, 2.05) is 48.5 Å². The van der Waals surface area contributed by atoms with Gasteiger partial charge in [0.15, 0.2) is 29.5 Å². The molecule has 0 radical (unpaired) electrons. The second-order valence-electron chi connectivity index (χ2n) is 9.95. The number of carbonyl (C=O) groups excluding carboxylic acids is 2. The molecule has 7 N–H and O–H groups in total. The molecule has 4 aromatic rings. The van der Waals surface area contributed by atoms with E-state index in [-0.39, 0.29) is 12.4 Å². The van der Waals surface area contributed by atoms with E-state index in [4.69, 9.17) is 19.9 Å². The Morgan fingerprint density at radius 2 is 1.59 bits per heavy atom. The van der Waals surface area contributed by atoms with E-state index in [1.165, 1.54) is 6.33 Å². The molecule has 5 unspecified atom stereocenters. The van der Waals surface area contributed by atoms with Gasteiger partial charge >= 0.3 is 12.1 Å². The first-order chi connectivity index (χ1) is 21.0. The number of ether oxygens (including phenoxy) is 3. The van der Waals surface area contributed by atoms with Gasteiger partial charge in [-0.3, -0.25) is 9.88 Å². The number of imidazole rings is 1. The van der Waals surface area contributed by atoms with E-state index < -0.39 is 52.9 Å². The first-order valence-corrected chi connectivity index (χ1v) is 15.3. The smallest absolute Gasteiger partial charge is 0.324 e. The third-order valence-corrected chi connectivity index (χ3v) is 6.52. The number of sulfonamides is 1. The Hall–Kier alpha value is -4.68. The van der Waals surface area contributed by atoms with E-state index in [2.05, 4.69) is 36.0 Å². The van der Waals surface area contributed by atoms with Gasteiger partial charge in [0.1, 0.15) is 24.6 Å². The quantitative estimate of drug-likeness (QED) is 0.198. The summed E-state index contributed by atoms with van der Waals surface area (Å²) in [6.07, 6.45) is 1.70. The monoisotopic (exact) mass is 625 g/mol. The molecular formula is C27H31N9O7S. The van der Waals surface area contributed by atoms with Crippen molar-refractivity contribution < 1.29 is 32.2 Å². The fourth-order valence-corrected chi connectivity index (χ4v) is 4.81. The van der Waals surface area contributed by atoms with E-state index in [1.54, 1.807) is 23.0 Å². The van der Waals surface area contributed by atoms with Gasteiger partial charge in [-0.05, 0) is 17.7 Å². The maximum atomic E-state index is 12.6. The zero-order valence-corrected chi connectivity index (χ0v) is 24.3. The summed E-state index contributed by atoms with van der Waals surface area (Å²) in [4.78, 5) is 37.0. The van der Waals surface area contributed by atoms with Crippen LogP contribution in [-0.2, 0) is 30.7 Å². The Morgan fingerprint density at radius 3 is 2.27 bits per heavy atom. The maximum absolute atomic E-state index is 12.6. The summed E-state index contributed by atoms with van der Waals surface area (Å²) < 4.78 is 39.4. The minimum atomic E-state index is -3.17. The molecule has 4 amide bonds. The number of carbonyl (C=O) groups is 2. The van der Waals surface area contributed by atoms with Crippen LogP contribution in [0, 0.1) is 0 Å². The minimum absolute atomic E-state index is 0.141. The number of benzene rings is 2. The molecule has 2 aliphatic rings. The molecule has 4 heterocycles. The van der Waals surface area contributed by atoms with Gasteiger partial charge in [-0.1, -0.05) is 48.5 Å². The molecule has 2 fully saturated rings. The highest BCUT2D eigenvalue weighted by molar-refractivity contribution is 7.88. The van der Waals surface area contributed by atoms with Gasteiger partial charge in [0.2, 0.25) is 10.0 Å². The van der Waals surface area contributed by atoms with Crippen molar-refractivity contribution >= 4 is 44.8 Å². The summed E-state index contributed by atoms with van der Waals surface area (Å²) in [6, 6.07) is 17.8. The number of primary sulfonamides is 1. The summed E-state index contributed by atoms with van der Waals surface area (Å²) in [5.74, 6) is 0.235.